The summed E-state index contributed by atoms with van der Waals surface area (Å²) in [6.07, 6.45) is -4.76. The van der Waals surface area contributed by atoms with Crippen LogP contribution in [0, 0.1) is 0 Å². The first-order chi connectivity index (χ1) is 10.6. The third-order valence-corrected chi connectivity index (χ3v) is 3.91. The normalized spacial score (nSPS) is 35.8. The van der Waals surface area contributed by atoms with Crippen LogP contribution in [0.25, 0.3) is 0 Å². The van der Waals surface area contributed by atoms with Crippen LogP contribution < -0.4 is 5.32 Å². The number of hydrogen-bond donors (Lipinski definition) is 4. The summed E-state index contributed by atoms with van der Waals surface area (Å²) in [5.74, 6) is -0.902. The minimum Gasteiger partial charge on any atom is -0.394 e. The predicted molar refractivity (Wildman–Crippen MR) is 73.8 cm³/mol. The zero-order valence-electron chi connectivity index (χ0n) is 13.2. The van der Waals surface area contributed by atoms with E-state index in [2.05, 4.69) is 0 Å². The summed E-state index contributed by atoms with van der Waals surface area (Å²) in [5.41, 5.74) is -0.973. The first kappa shape index (κ1) is 18.0. The molecule has 0 aliphatic carbocycles. The highest BCUT2D eigenvalue weighted by Crippen LogP contribution is 2.29. The molecule has 23 heavy (non-hydrogen) atoms. The summed E-state index contributed by atoms with van der Waals surface area (Å²) in [7, 11) is 0. The minimum absolute atomic E-state index is 0.0506. The van der Waals surface area contributed by atoms with Crippen LogP contribution in [0.15, 0.2) is 0 Å². The zero-order chi connectivity index (χ0) is 17.5. The van der Waals surface area contributed by atoms with Crippen LogP contribution in [0.2, 0.25) is 0 Å². The molecule has 2 unspecified atom stereocenters. The second kappa shape index (κ2) is 6.30. The van der Waals surface area contributed by atoms with E-state index in [9.17, 15) is 25.0 Å². The lowest BCUT2D eigenvalue weighted by Crippen LogP contribution is -2.70. The van der Waals surface area contributed by atoms with Gasteiger partial charge in [-0.2, -0.15) is 0 Å². The van der Waals surface area contributed by atoms with E-state index in [1.807, 2.05) is 5.32 Å². The van der Waals surface area contributed by atoms with Gasteiger partial charge in [-0.1, -0.05) is 0 Å². The number of rotatable bonds is 3. The quantitative estimate of drug-likeness (QED) is 0.444. The summed E-state index contributed by atoms with van der Waals surface area (Å²) >= 11 is 0. The van der Waals surface area contributed by atoms with Crippen molar-refractivity contribution in [3.63, 3.8) is 0 Å². The lowest BCUT2D eigenvalue weighted by Gasteiger charge is -2.44. The highest BCUT2D eigenvalue weighted by molar-refractivity contribution is 6.00. The Morgan fingerprint density at radius 3 is 2.43 bits per heavy atom. The van der Waals surface area contributed by atoms with Crippen molar-refractivity contribution in [1.29, 1.82) is 0 Å². The second-order valence-corrected chi connectivity index (χ2v) is 6.67. The molecule has 2 aliphatic heterocycles. The van der Waals surface area contributed by atoms with Gasteiger partial charge in [0, 0.05) is 12.0 Å². The van der Waals surface area contributed by atoms with Crippen molar-refractivity contribution in [2.24, 2.45) is 0 Å². The highest BCUT2D eigenvalue weighted by Gasteiger charge is 2.51. The van der Waals surface area contributed by atoms with Crippen LogP contribution in [-0.2, 0) is 14.7 Å². The highest BCUT2D eigenvalue weighted by atomic mass is 16.6. The van der Waals surface area contributed by atoms with Gasteiger partial charge in [-0.25, -0.2) is 4.79 Å². The fraction of sp³-hybridized carbons (Fsp3) is 0.846. The molecule has 2 saturated heterocycles. The van der Waals surface area contributed by atoms with E-state index >= 15 is 0 Å². The van der Waals surface area contributed by atoms with Crippen molar-refractivity contribution in [3.05, 3.63) is 0 Å². The monoisotopic (exact) mass is 332 g/mol. The maximum atomic E-state index is 12.3. The average Bonchev–Trinajstić information content (AvgIpc) is 2.77. The molecule has 0 aromatic heterocycles. The van der Waals surface area contributed by atoms with Crippen molar-refractivity contribution in [2.75, 3.05) is 6.61 Å². The Hall–Kier alpha value is -1.30. The molecule has 0 aromatic rings. The van der Waals surface area contributed by atoms with E-state index in [0.29, 0.717) is 5.06 Å². The summed E-state index contributed by atoms with van der Waals surface area (Å²) in [4.78, 5) is 24.8. The number of aliphatic hydroxyl groups excluding tert-OH is 3. The van der Waals surface area contributed by atoms with Gasteiger partial charge in [0.05, 0.1) is 12.7 Å². The number of nitrogens with zero attached hydrogens (tertiary/aromatic N) is 2. The van der Waals surface area contributed by atoms with Gasteiger partial charge in [0.1, 0.15) is 12.3 Å². The lowest BCUT2D eigenvalue weighted by atomic mass is 10.0. The Bertz CT molecular complexity index is 481. The zero-order valence-corrected chi connectivity index (χ0v) is 13.2. The number of imide groups is 1. The minimum atomic E-state index is -1.73. The van der Waals surface area contributed by atoms with Gasteiger partial charge in [0.2, 0.25) is 0 Å². The Morgan fingerprint density at radius 2 is 1.96 bits per heavy atom. The third kappa shape index (κ3) is 3.32. The van der Waals surface area contributed by atoms with Gasteiger partial charge < -0.3 is 20.1 Å². The molecule has 0 spiro atoms. The number of aliphatic hydroxyl groups is 3. The lowest BCUT2D eigenvalue weighted by molar-refractivity contribution is -0.269. The molecule has 2 aliphatic rings. The number of carbonyl (C=O) groups is 2. The molecule has 4 N–H and O–H groups in total. The van der Waals surface area contributed by atoms with Crippen LogP contribution in [0.1, 0.15) is 27.2 Å². The van der Waals surface area contributed by atoms with Crippen LogP contribution in [0.5, 0.6) is 0 Å². The summed E-state index contributed by atoms with van der Waals surface area (Å²) in [6.45, 7) is 4.25. The fourth-order valence-electron chi connectivity index (χ4n) is 2.65. The predicted octanol–water partition coefficient (Wildman–Crippen LogP) is -1.86. The molecule has 0 saturated carbocycles. The molecule has 2 fully saturated rings. The number of carbonyl (C=O) groups excluding carboxylic acids is 2. The van der Waals surface area contributed by atoms with E-state index < -0.39 is 54.8 Å². The molecule has 5 atom stereocenters. The third-order valence-electron chi connectivity index (χ3n) is 3.91. The molecule has 0 aromatic carbocycles. The van der Waals surface area contributed by atoms with Crippen molar-refractivity contribution in [2.45, 2.75) is 63.4 Å². The summed E-state index contributed by atoms with van der Waals surface area (Å²) < 4.78 is 5.33. The molecule has 3 amide bonds. The van der Waals surface area contributed by atoms with E-state index in [0.717, 1.165) is 4.90 Å². The summed E-state index contributed by atoms with van der Waals surface area (Å²) in [6, 6.07) is -2.45. The van der Waals surface area contributed by atoms with E-state index in [4.69, 9.17) is 9.84 Å². The van der Waals surface area contributed by atoms with Gasteiger partial charge >= 0.3 is 6.03 Å². The van der Waals surface area contributed by atoms with E-state index in [1.54, 1.807) is 20.8 Å². The summed E-state index contributed by atoms with van der Waals surface area (Å²) in [5, 5.41) is 44.0. The van der Waals surface area contributed by atoms with E-state index in [-0.39, 0.29) is 6.42 Å². The number of urea groups is 1. The molecule has 0 bridgehead atoms. The molecule has 10 heteroatoms. The maximum Gasteiger partial charge on any atom is 0.328 e. The van der Waals surface area contributed by atoms with Crippen molar-refractivity contribution >= 4 is 11.9 Å². The van der Waals surface area contributed by atoms with Gasteiger partial charge in [-0.3, -0.25) is 15.0 Å². The van der Waals surface area contributed by atoms with Gasteiger partial charge in [-0.05, 0) is 20.8 Å². The van der Waals surface area contributed by atoms with Gasteiger partial charge in [-0.15, -0.1) is 10.3 Å². The molecule has 131 valence electrons. The largest absolute Gasteiger partial charge is 0.394 e. The number of amides is 3. The standard InChI is InChI=1S/C13H22N3O7/c1-13(2,3)16(22)9-10(19)14-12(21)15(11(9)20)8-4-6(18)7(5-17)23-8/h6-9,11,17-18,20H,4-5H2,1-3H3,(H,14,19,21)/t6-,7+,8+,9?,11?/m0/s1. The molecule has 10 nitrogen and oxygen atoms in total. The number of ether oxygens (including phenoxy) is 1. The smallest absolute Gasteiger partial charge is 0.328 e. The molecule has 2 heterocycles. The van der Waals surface area contributed by atoms with Crippen molar-refractivity contribution < 1.29 is 34.9 Å². The Morgan fingerprint density at radius 1 is 1.35 bits per heavy atom. The van der Waals surface area contributed by atoms with Gasteiger partial charge in [0.25, 0.3) is 5.91 Å². The SMILES string of the molecule is CC(C)(C)N([O])C1C(=O)NC(=O)N([C@H]2C[C@H](O)[C@@H](CO)O2)C1O. The number of nitrogens with one attached hydrogen (secondary N) is 1. The van der Waals surface area contributed by atoms with Crippen molar-refractivity contribution in [1.82, 2.24) is 15.3 Å². The number of hydroxylamine groups is 2. The van der Waals surface area contributed by atoms with Crippen LogP contribution >= 0.6 is 0 Å². The first-order valence-corrected chi connectivity index (χ1v) is 7.30. The van der Waals surface area contributed by atoms with Gasteiger partial charge in [0.15, 0.2) is 12.3 Å². The molecular formula is C13H22N3O7. The first-order valence-electron chi connectivity index (χ1n) is 7.30. The Balaban J connectivity index is 2.23. The van der Waals surface area contributed by atoms with Crippen molar-refractivity contribution in [3.8, 4) is 0 Å². The van der Waals surface area contributed by atoms with Crippen LogP contribution in [0.3, 0.4) is 0 Å². The van der Waals surface area contributed by atoms with Crippen LogP contribution in [-0.4, -0.2) is 80.1 Å². The fourth-order valence-corrected chi connectivity index (χ4v) is 2.65. The van der Waals surface area contributed by atoms with Crippen LogP contribution in [0.4, 0.5) is 4.79 Å². The number of hydrogen-bond acceptors (Lipinski definition) is 7. The molecule has 1 radical (unpaired) electrons. The second-order valence-electron chi connectivity index (χ2n) is 6.67. The maximum absolute atomic E-state index is 12.3. The molecule has 2 rings (SSSR count). The Labute approximate surface area is 133 Å². The average molecular weight is 332 g/mol. The van der Waals surface area contributed by atoms with E-state index in [1.165, 1.54) is 0 Å². The Kier molecular flexibility index (Phi) is 4.95. The molecular weight excluding hydrogens is 310 g/mol. The topological polar surface area (TPSA) is 142 Å².